The molecule has 5 heteroatoms. The lowest BCUT2D eigenvalue weighted by molar-refractivity contribution is -0.119. The molecule has 1 aromatic carbocycles. The Morgan fingerprint density at radius 2 is 2.38 bits per heavy atom. The van der Waals surface area contributed by atoms with E-state index in [1.165, 1.54) is 12.1 Å². The van der Waals surface area contributed by atoms with Crippen LogP contribution in [0.25, 0.3) is 0 Å². The third-order valence-corrected chi connectivity index (χ3v) is 2.80. The maximum Gasteiger partial charge on any atom is 0.221 e. The average Bonchev–Trinajstić information content (AvgIpc) is 2.66. The van der Waals surface area contributed by atoms with Gasteiger partial charge in [0.05, 0.1) is 0 Å². The zero-order valence-electron chi connectivity index (χ0n) is 8.59. The summed E-state index contributed by atoms with van der Waals surface area (Å²) in [6.07, 6.45) is 0.447. The van der Waals surface area contributed by atoms with Crippen molar-refractivity contribution in [3.63, 3.8) is 0 Å². The molecule has 1 aromatic rings. The molecule has 3 nitrogen and oxygen atoms in total. The predicted octanol–water partition coefficient (Wildman–Crippen LogP) is 1.46. The standard InChI is InChI=1S/C11H12ClFN2O/c12-8-1-2-10(13)7(3-8)5-14-9-4-11(16)15-6-9/h1-3,9,14H,4-6H2,(H,15,16). The highest BCUT2D eigenvalue weighted by molar-refractivity contribution is 6.30. The van der Waals surface area contributed by atoms with Gasteiger partial charge in [-0.3, -0.25) is 4.79 Å². The third-order valence-electron chi connectivity index (χ3n) is 2.57. The quantitative estimate of drug-likeness (QED) is 0.843. The van der Waals surface area contributed by atoms with Gasteiger partial charge < -0.3 is 10.6 Å². The molecule has 2 N–H and O–H groups in total. The number of rotatable bonds is 3. The molecule has 1 unspecified atom stereocenters. The van der Waals surface area contributed by atoms with Gasteiger partial charge in [-0.2, -0.15) is 0 Å². The van der Waals surface area contributed by atoms with Crippen LogP contribution in [0.1, 0.15) is 12.0 Å². The Kier molecular flexibility index (Phi) is 3.41. The Bertz CT molecular complexity index is 411. The summed E-state index contributed by atoms with van der Waals surface area (Å²) in [6, 6.07) is 4.53. The fourth-order valence-electron chi connectivity index (χ4n) is 1.68. The molecule has 0 aromatic heterocycles. The van der Waals surface area contributed by atoms with E-state index in [1.807, 2.05) is 0 Å². The largest absolute Gasteiger partial charge is 0.354 e. The summed E-state index contributed by atoms with van der Waals surface area (Å²) in [4.78, 5) is 10.9. The second-order valence-electron chi connectivity index (χ2n) is 3.82. The first-order valence-corrected chi connectivity index (χ1v) is 5.47. The number of amides is 1. The molecule has 1 fully saturated rings. The monoisotopic (exact) mass is 242 g/mol. The average molecular weight is 243 g/mol. The molecular weight excluding hydrogens is 231 g/mol. The second kappa shape index (κ2) is 4.80. The number of carbonyl (C=O) groups is 1. The lowest BCUT2D eigenvalue weighted by Gasteiger charge is -2.10. The van der Waals surface area contributed by atoms with Crippen LogP contribution in [0.2, 0.25) is 5.02 Å². The van der Waals surface area contributed by atoms with Gasteiger partial charge in [0.15, 0.2) is 0 Å². The van der Waals surface area contributed by atoms with Crippen molar-refractivity contribution in [1.29, 1.82) is 0 Å². The van der Waals surface area contributed by atoms with Crippen LogP contribution in [-0.2, 0) is 11.3 Å². The van der Waals surface area contributed by atoms with E-state index in [2.05, 4.69) is 10.6 Å². The van der Waals surface area contributed by atoms with Crippen LogP contribution in [0.5, 0.6) is 0 Å². The summed E-state index contributed by atoms with van der Waals surface area (Å²) in [6.45, 7) is 0.979. The van der Waals surface area contributed by atoms with E-state index in [9.17, 15) is 9.18 Å². The first kappa shape index (κ1) is 11.4. The first-order chi connectivity index (χ1) is 7.65. The zero-order chi connectivity index (χ0) is 11.5. The molecular formula is C11H12ClFN2O. The van der Waals surface area contributed by atoms with Gasteiger partial charge in [0.25, 0.3) is 0 Å². The second-order valence-corrected chi connectivity index (χ2v) is 4.26. The first-order valence-electron chi connectivity index (χ1n) is 5.09. The maximum atomic E-state index is 13.3. The molecule has 0 radical (unpaired) electrons. The molecule has 86 valence electrons. The van der Waals surface area contributed by atoms with Crippen LogP contribution in [0, 0.1) is 5.82 Å². The van der Waals surface area contributed by atoms with Crippen LogP contribution >= 0.6 is 11.6 Å². The minimum atomic E-state index is -0.283. The third kappa shape index (κ3) is 2.71. The summed E-state index contributed by atoms with van der Waals surface area (Å²) in [7, 11) is 0. The Balaban J connectivity index is 1.94. The molecule has 0 bridgehead atoms. The zero-order valence-corrected chi connectivity index (χ0v) is 9.35. The fraction of sp³-hybridized carbons (Fsp3) is 0.364. The summed E-state index contributed by atoms with van der Waals surface area (Å²) in [5.74, 6) is -0.252. The predicted molar refractivity (Wildman–Crippen MR) is 59.7 cm³/mol. The minimum Gasteiger partial charge on any atom is -0.354 e. The highest BCUT2D eigenvalue weighted by atomic mass is 35.5. The van der Waals surface area contributed by atoms with Crippen molar-refractivity contribution >= 4 is 17.5 Å². The van der Waals surface area contributed by atoms with Crippen molar-refractivity contribution in [2.24, 2.45) is 0 Å². The summed E-state index contributed by atoms with van der Waals surface area (Å²) in [5.41, 5.74) is 0.520. The molecule has 1 aliphatic heterocycles. The SMILES string of the molecule is O=C1CC(NCc2cc(Cl)ccc2F)CN1. The van der Waals surface area contributed by atoms with Crippen molar-refractivity contribution in [1.82, 2.24) is 10.6 Å². The number of carbonyl (C=O) groups excluding carboxylic acids is 1. The van der Waals surface area contributed by atoms with Gasteiger partial charge in [0.2, 0.25) is 5.91 Å². The van der Waals surface area contributed by atoms with Crippen LogP contribution < -0.4 is 10.6 Å². The molecule has 16 heavy (non-hydrogen) atoms. The van der Waals surface area contributed by atoms with Crippen molar-refractivity contribution in [3.8, 4) is 0 Å². The van der Waals surface area contributed by atoms with Crippen LogP contribution in [0.15, 0.2) is 18.2 Å². The number of benzene rings is 1. The molecule has 0 saturated carbocycles. The van der Waals surface area contributed by atoms with Crippen LogP contribution in [-0.4, -0.2) is 18.5 Å². The molecule has 1 heterocycles. The van der Waals surface area contributed by atoms with Crippen molar-refractivity contribution in [2.45, 2.75) is 19.0 Å². The number of halogens is 2. The van der Waals surface area contributed by atoms with E-state index < -0.39 is 0 Å². The van der Waals surface area contributed by atoms with Gasteiger partial charge in [0, 0.05) is 36.1 Å². The van der Waals surface area contributed by atoms with Gasteiger partial charge in [0.1, 0.15) is 5.82 Å². The molecule has 1 atom stereocenters. The Morgan fingerprint density at radius 3 is 3.06 bits per heavy atom. The van der Waals surface area contributed by atoms with Gasteiger partial charge in [-0.25, -0.2) is 4.39 Å². The smallest absolute Gasteiger partial charge is 0.221 e. The molecule has 1 amide bonds. The summed E-state index contributed by atoms with van der Waals surface area (Å²) in [5, 5.41) is 6.34. The van der Waals surface area contributed by atoms with Gasteiger partial charge >= 0.3 is 0 Å². The number of hydrogen-bond donors (Lipinski definition) is 2. The van der Waals surface area contributed by atoms with Gasteiger partial charge in [-0.1, -0.05) is 11.6 Å². The molecule has 0 aliphatic carbocycles. The Hall–Kier alpha value is -1.13. The van der Waals surface area contributed by atoms with E-state index in [-0.39, 0.29) is 17.8 Å². The lowest BCUT2D eigenvalue weighted by atomic mass is 10.2. The lowest BCUT2D eigenvalue weighted by Crippen LogP contribution is -2.30. The van der Waals surface area contributed by atoms with E-state index in [0.29, 0.717) is 30.1 Å². The fourth-order valence-corrected chi connectivity index (χ4v) is 1.88. The van der Waals surface area contributed by atoms with Crippen LogP contribution in [0.3, 0.4) is 0 Å². The molecule has 0 spiro atoms. The van der Waals surface area contributed by atoms with E-state index >= 15 is 0 Å². The van der Waals surface area contributed by atoms with E-state index in [4.69, 9.17) is 11.6 Å². The number of hydrogen-bond acceptors (Lipinski definition) is 2. The van der Waals surface area contributed by atoms with Gasteiger partial charge in [-0.05, 0) is 18.2 Å². The van der Waals surface area contributed by atoms with Crippen molar-refractivity contribution in [2.75, 3.05) is 6.54 Å². The Labute approximate surface area is 98.0 Å². The molecule has 1 saturated heterocycles. The highest BCUT2D eigenvalue weighted by Gasteiger charge is 2.20. The number of nitrogens with one attached hydrogen (secondary N) is 2. The minimum absolute atomic E-state index is 0.0315. The highest BCUT2D eigenvalue weighted by Crippen LogP contribution is 2.15. The maximum absolute atomic E-state index is 13.3. The molecule has 1 aliphatic rings. The van der Waals surface area contributed by atoms with Crippen molar-refractivity contribution < 1.29 is 9.18 Å². The Morgan fingerprint density at radius 1 is 1.56 bits per heavy atom. The van der Waals surface area contributed by atoms with Gasteiger partial charge in [-0.15, -0.1) is 0 Å². The van der Waals surface area contributed by atoms with Crippen molar-refractivity contribution in [3.05, 3.63) is 34.6 Å². The van der Waals surface area contributed by atoms with E-state index in [1.54, 1.807) is 6.07 Å². The van der Waals surface area contributed by atoms with Crippen LogP contribution in [0.4, 0.5) is 4.39 Å². The van der Waals surface area contributed by atoms with E-state index in [0.717, 1.165) is 0 Å². The normalized spacial score (nSPS) is 19.9. The topological polar surface area (TPSA) is 41.1 Å². The summed E-state index contributed by atoms with van der Waals surface area (Å²) < 4.78 is 13.3. The molecule has 2 rings (SSSR count). The summed E-state index contributed by atoms with van der Waals surface area (Å²) >= 11 is 5.77.